The lowest BCUT2D eigenvalue weighted by Crippen LogP contribution is -2.34. The Hall–Kier alpha value is -1.63. The average Bonchev–Trinajstić information content (AvgIpc) is 3.12. The number of rotatable bonds is 7. The monoisotopic (exact) mass is 350 g/mol. The lowest BCUT2D eigenvalue weighted by Gasteiger charge is -2.27. The molecule has 6 heteroatoms. The van der Waals surface area contributed by atoms with Crippen LogP contribution in [0.5, 0.6) is 5.75 Å². The molecule has 1 saturated carbocycles. The van der Waals surface area contributed by atoms with Crippen LogP contribution in [0.15, 0.2) is 18.2 Å². The second kappa shape index (κ2) is 7.72. The van der Waals surface area contributed by atoms with Gasteiger partial charge in [0.05, 0.1) is 13.2 Å². The number of para-hydroxylation sites is 1. The maximum atomic E-state index is 11.3. The molecule has 0 amide bonds. The minimum absolute atomic E-state index is 0.0513. The summed E-state index contributed by atoms with van der Waals surface area (Å²) < 4.78 is 21.7. The summed E-state index contributed by atoms with van der Waals surface area (Å²) in [5.74, 6) is 0.587. The van der Waals surface area contributed by atoms with Crippen molar-refractivity contribution in [2.75, 3.05) is 21.3 Å². The van der Waals surface area contributed by atoms with Gasteiger partial charge < -0.3 is 24.1 Å². The van der Waals surface area contributed by atoms with Crippen molar-refractivity contribution >= 4 is 5.97 Å². The molecule has 0 aromatic heterocycles. The average molecular weight is 350 g/mol. The van der Waals surface area contributed by atoms with Crippen LogP contribution < -0.4 is 4.74 Å². The quantitative estimate of drug-likeness (QED) is 0.599. The minimum Gasteiger partial charge on any atom is -0.489 e. The third-order valence-electron chi connectivity index (χ3n) is 5.32. The SMILES string of the molecule is COC(=O)CCCc1cccc2c1O[C@H]1C[C@@H](O)[C@H](C(OC)OC)C21. The van der Waals surface area contributed by atoms with E-state index in [0.717, 1.165) is 23.3 Å². The molecule has 1 unspecified atom stereocenters. The van der Waals surface area contributed by atoms with Gasteiger partial charge in [-0.2, -0.15) is 0 Å². The first-order chi connectivity index (χ1) is 12.1. The molecule has 6 nitrogen and oxygen atoms in total. The zero-order valence-corrected chi connectivity index (χ0v) is 14.9. The predicted octanol–water partition coefficient (Wildman–Crippen LogP) is 2.03. The number of ether oxygens (including phenoxy) is 4. The highest BCUT2D eigenvalue weighted by Gasteiger charge is 2.53. The highest BCUT2D eigenvalue weighted by molar-refractivity contribution is 5.69. The van der Waals surface area contributed by atoms with Gasteiger partial charge in [-0.3, -0.25) is 4.79 Å². The van der Waals surface area contributed by atoms with Gasteiger partial charge in [0.25, 0.3) is 0 Å². The molecule has 0 saturated heterocycles. The van der Waals surface area contributed by atoms with Gasteiger partial charge in [0.1, 0.15) is 11.9 Å². The van der Waals surface area contributed by atoms with Crippen LogP contribution in [-0.4, -0.2) is 50.9 Å². The van der Waals surface area contributed by atoms with E-state index in [4.69, 9.17) is 18.9 Å². The number of methoxy groups -OCH3 is 3. The van der Waals surface area contributed by atoms with E-state index in [0.29, 0.717) is 19.3 Å². The van der Waals surface area contributed by atoms with Crippen LogP contribution in [0.2, 0.25) is 0 Å². The molecule has 1 fully saturated rings. The van der Waals surface area contributed by atoms with Crippen molar-refractivity contribution in [3.8, 4) is 5.75 Å². The van der Waals surface area contributed by atoms with Gasteiger partial charge in [-0.15, -0.1) is 0 Å². The highest BCUT2D eigenvalue weighted by Crippen LogP contribution is 2.52. The van der Waals surface area contributed by atoms with E-state index in [2.05, 4.69) is 6.07 Å². The number of carbonyl (C=O) groups is 1. The van der Waals surface area contributed by atoms with E-state index >= 15 is 0 Å². The molecule has 4 atom stereocenters. The fourth-order valence-electron chi connectivity index (χ4n) is 4.20. The molecule has 1 aliphatic heterocycles. The Morgan fingerprint density at radius 3 is 2.76 bits per heavy atom. The van der Waals surface area contributed by atoms with Gasteiger partial charge in [0.15, 0.2) is 6.29 Å². The number of hydrogen-bond donors (Lipinski definition) is 1. The number of aliphatic hydroxyl groups is 1. The summed E-state index contributed by atoms with van der Waals surface area (Å²) in [6, 6.07) is 6.10. The number of fused-ring (bicyclic) bond motifs is 3. The fourth-order valence-corrected chi connectivity index (χ4v) is 4.20. The third-order valence-corrected chi connectivity index (χ3v) is 5.32. The van der Waals surface area contributed by atoms with Crippen LogP contribution >= 0.6 is 0 Å². The maximum Gasteiger partial charge on any atom is 0.305 e. The zero-order chi connectivity index (χ0) is 18.0. The Morgan fingerprint density at radius 2 is 2.08 bits per heavy atom. The van der Waals surface area contributed by atoms with Crippen LogP contribution in [0.1, 0.15) is 36.3 Å². The van der Waals surface area contributed by atoms with Crippen LogP contribution in [0, 0.1) is 5.92 Å². The van der Waals surface area contributed by atoms with Gasteiger partial charge in [0, 0.05) is 44.5 Å². The predicted molar refractivity (Wildman–Crippen MR) is 90.5 cm³/mol. The molecule has 25 heavy (non-hydrogen) atoms. The Morgan fingerprint density at radius 1 is 1.32 bits per heavy atom. The summed E-state index contributed by atoms with van der Waals surface area (Å²) in [4.78, 5) is 11.3. The second-order valence-electron chi connectivity index (χ2n) is 6.67. The van der Waals surface area contributed by atoms with E-state index in [1.807, 2.05) is 12.1 Å². The largest absolute Gasteiger partial charge is 0.489 e. The van der Waals surface area contributed by atoms with E-state index in [9.17, 15) is 9.90 Å². The van der Waals surface area contributed by atoms with Gasteiger partial charge in [-0.1, -0.05) is 18.2 Å². The first-order valence-corrected chi connectivity index (χ1v) is 8.69. The van der Waals surface area contributed by atoms with Crippen molar-refractivity contribution in [3.63, 3.8) is 0 Å². The lowest BCUT2D eigenvalue weighted by atomic mass is 9.86. The first-order valence-electron chi connectivity index (χ1n) is 8.69. The van der Waals surface area contributed by atoms with Gasteiger partial charge >= 0.3 is 5.97 Å². The summed E-state index contributed by atoms with van der Waals surface area (Å²) in [5.41, 5.74) is 2.19. The van der Waals surface area contributed by atoms with Crippen molar-refractivity contribution < 1.29 is 28.8 Å². The Labute approximate surface area is 148 Å². The number of aliphatic hydroxyl groups excluding tert-OH is 1. The molecule has 138 valence electrons. The first kappa shape index (κ1) is 18.2. The van der Waals surface area contributed by atoms with Crippen LogP contribution in [0.3, 0.4) is 0 Å². The second-order valence-corrected chi connectivity index (χ2v) is 6.67. The maximum absolute atomic E-state index is 11.3. The standard InChI is InChI=1S/C19H26O6/c1-22-15(21)9-5-7-11-6-4-8-12-16-14(25-18(11)12)10-13(20)17(16)19(23-2)24-3/h4,6,8,13-14,16-17,19-20H,5,7,9-10H2,1-3H3/t13-,14+,16?,17+/m1/s1. The zero-order valence-electron chi connectivity index (χ0n) is 14.9. The van der Waals surface area contributed by atoms with E-state index in [1.165, 1.54) is 7.11 Å². The fraction of sp³-hybridized carbons (Fsp3) is 0.632. The molecule has 0 bridgehead atoms. The Bertz CT molecular complexity index is 612. The van der Waals surface area contributed by atoms with E-state index in [1.54, 1.807) is 14.2 Å². The molecular weight excluding hydrogens is 324 g/mol. The van der Waals surface area contributed by atoms with Crippen LogP contribution in [-0.2, 0) is 25.4 Å². The van der Waals surface area contributed by atoms with Crippen LogP contribution in [0.25, 0.3) is 0 Å². The van der Waals surface area contributed by atoms with Gasteiger partial charge in [0.2, 0.25) is 0 Å². The Kier molecular flexibility index (Phi) is 5.61. The molecule has 1 aromatic carbocycles. The third kappa shape index (κ3) is 3.38. The number of aryl methyl sites for hydroxylation is 1. The van der Waals surface area contributed by atoms with Crippen molar-refractivity contribution in [2.45, 2.75) is 50.1 Å². The van der Waals surface area contributed by atoms with Crippen LogP contribution in [0.4, 0.5) is 0 Å². The molecule has 2 aliphatic rings. The highest BCUT2D eigenvalue weighted by atomic mass is 16.7. The number of esters is 1. The molecule has 3 rings (SSSR count). The summed E-state index contributed by atoms with van der Waals surface area (Å²) in [7, 11) is 4.59. The lowest BCUT2D eigenvalue weighted by molar-refractivity contribution is -0.158. The topological polar surface area (TPSA) is 74.2 Å². The molecule has 1 heterocycles. The number of carbonyl (C=O) groups excluding carboxylic acids is 1. The minimum atomic E-state index is -0.518. The number of benzene rings is 1. The summed E-state index contributed by atoms with van der Waals surface area (Å²) >= 11 is 0. The summed E-state index contributed by atoms with van der Waals surface area (Å²) in [6.07, 6.45) is 1.37. The van der Waals surface area contributed by atoms with Crippen molar-refractivity contribution in [3.05, 3.63) is 29.3 Å². The smallest absolute Gasteiger partial charge is 0.305 e. The molecule has 0 radical (unpaired) electrons. The summed E-state index contributed by atoms with van der Waals surface area (Å²) in [6.45, 7) is 0. The van der Waals surface area contributed by atoms with E-state index < -0.39 is 12.4 Å². The molecule has 1 aromatic rings. The van der Waals surface area contributed by atoms with Crippen molar-refractivity contribution in [2.24, 2.45) is 5.92 Å². The molecule has 1 aliphatic carbocycles. The van der Waals surface area contributed by atoms with Crippen molar-refractivity contribution in [1.82, 2.24) is 0 Å². The van der Waals surface area contributed by atoms with E-state index in [-0.39, 0.29) is 23.9 Å². The van der Waals surface area contributed by atoms with Gasteiger partial charge in [-0.25, -0.2) is 0 Å². The molecule has 0 spiro atoms. The Balaban J connectivity index is 1.80. The summed E-state index contributed by atoms with van der Waals surface area (Å²) in [5, 5.41) is 10.5. The number of hydrogen-bond acceptors (Lipinski definition) is 6. The van der Waals surface area contributed by atoms with Gasteiger partial charge in [-0.05, 0) is 18.4 Å². The van der Waals surface area contributed by atoms with Crippen molar-refractivity contribution in [1.29, 1.82) is 0 Å². The molecular formula is C19H26O6. The normalized spacial score (nSPS) is 27.1. The molecule has 1 N–H and O–H groups in total.